The summed E-state index contributed by atoms with van der Waals surface area (Å²) in [6, 6.07) is 4.01. The molecule has 0 unspecified atom stereocenters. The molecule has 0 bridgehead atoms. The lowest BCUT2D eigenvalue weighted by molar-refractivity contribution is 0.528. The lowest BCUT2D eigenvalue weighted by Gasteiger charge is -2.16. The summed E-state index contributed by atoms with van der Waals surface area (Å²) >= 11 is 0. The van der Waals surface area contributed by atoms with Crippen LogP contribution in [0.2, 0.25) is 0 Å². The van der Waals surface area contributed by atoms with Crippen LogP contribution in [0, 0.1) is 5.82 Å². The van der Waals surface area contributed by atoms with Crippen molar-refractivity contribution in [1.82, 2.24) is 10.0 Å². The first-order chi connectivity index (χ1) is 9.80. The van der Waals surface area contributed by atoms with Gasteiger partial charge in [0.25, 0.3) is 0 Å². The van der Waals surface area contributed by atoms with Crippen molar-refractivity contribution >= 4 is 10.0 Å². The summed E-state index contributed by atoms with van der Waals surface area (Å²) in [5.74, 6) is -0.398. The Hall–Kier alpha value is -0.980. The summed E-state index contributed by atoms with van der Waals surface area (Å²) in [5.41, 5.74) is 0.358. The molecule has 0 spiro atoms. The van der Waals surface area contributed by atoms with Crippen LogP contribution in [-0.2, 0) is 16.6 Å². The van der Waals surface area contributed by atoms with Crippen molar-refractivity contribution in [1.29, 1.82) is 0 Å². The number of hydrogen-bond acceptors (Lipinski definition) is 3. The van der Waals surface area contributed by atoms with E-state index in [9.17, 15) is 12.8 Å². The lowest BCUT2D eigenvalue weighted by atomic mass is 10.2. The van der Waals surface area contributed by atoms with E-state index in [0.717, 1.165) is 12.8 Å². The fourth-order valence-electron chi connectivity index (χ4n) is 1.91. The second kappa shape index (κ2) is 7.87. The highest BCUT2D eigenvalue weighted by Gasteiger charge is 2.19. The first-order valence-electron chi connectivity index (χ1n) is 7.34. The molecule has 0 radical (unpaired) electrons. The van der Waals surface area contributed by atoms with E-state index in [2.05, 4.69) is 10.0 Å². The molecule has 0 saturated heterocycles. The predicted octanol–water partition coefficient (Wildman–Crippen LogP) is 2.79. The predicted molar refractivity (Wildman–Crippen MR) is 83.1 cm³/mol. The number of nitrogens with one attached hydrogen (secondary N) is 2. The third-order valence-electron chi connectivity index (χ3n) is 3.34. The molecule has 6 heteroatoms. The van der Waals surface area contributed by atoms with Gasteiger partial charge in [-0.1, -0.05) is 27.7 Å². The van der Waals surface area contributed by atoms with Crippen molar-refractivity contribution in [3.8, 4) is 0 Å². The average molecular weight is 316 g/mol. The Bertz CT molecular complexity index is 555. The standard InChI is InChI=1S/C15H25FN2O2S/c1-5-13(6-2)18-21(19,20)14-7-8-15(16)12(9-14)10-17-11(3)4/h7-9,11,13,17-18H,5-6,10H2,1-4H3. The van der Waals surface area contributed by atoms with E-state index in [0.29, 0.717) is 12.1 Å². The quantitative estimate of drug-likeness (QED) is 0.775. The largest absolute Gasteiger partial charge is 0.310 e. The molecule has 0 saturated carbocycles. The zero-order chi connectivity index (χ0) is 16.0. The van der Waals surface area contributed by atoms with E-state index in [1.807, 2.05) is 27.7 Å². The number of hydrogen-bond donors (Lipinski definition) is 2. The molecule has 0 aromatic heterocycles. The van der Waals surface area contributed by atoms with E-state index >= 15 is 0 Å². The topological polar surface area (TPSA) is 58.2 Å². The van der Waals surface area contributed by atoms with Crippen LogP contribution in [0.1, 0.15) is 46.1 Å². The van der Waals surface area contributed by atoms with Crippen molar-refractivity contribution < 1.29 is 12.8 Å². The Morgan fingerprint density at radius 1 is 1.19 bits per heavy atom. The third-order valence-corrected chi connectivity index (χ3v) is 4.85. The first kappa shape index (κ1) is 18.1. The zero-order valence-corrected chi connectivity index (χ0v) is 13.9. The monoisotopic (exact) mass is 316 g/mol. The normalized spacial score (nSPS) is 12.3. The van der Waals surface area contributed by atoms with Gasteiger partial charge >= 0.3 is 0 Å². The SMILES string of the molecule is CCC(CC)NS(=O)(=O)c1ccc(F)c(CNC(C)C)c1. The summed E-state index contributed by atoms with van der Waals surface area (Å²) in [7, 11) is -3.61. The van der Waals surface area contributed by atoms with Crippen LogP contribution < -0.4 is 10.0 Å². The molecule has 1 rings (SSSR count). The van der Waals surface area contributed by atoms with Crippen LogP contribution in [0.4, 0.5) is 4.39 Å². The summed E-state index contributed by atoms with van der Waals surface area (Å²) in [6.45, 7) is 8.07. The summed E-state index contributed by atoms with van der Waals surface area (Å²) < 4.78 is 41.0. The smallest absolute Gasteiger partial charge is 0.240 e. The second-order valence-electron chi connectivity index (χ2n) is 5.42. The fourth-order valence-corrected chi connectivity index (χ4v) is 3.36. The van der Waals surface area contributed by atoms with E-state index in [1.54, 1.807) is 0 Å². The summed E-state index contributed by atoms with van der Waals surface area (Å²) in [5, 5.41) is 3.09. The van der Waals surface area contributed by atoms with Gasteiger partial charge in [0.1, 0.15) is 5.82 Å². The highest BCUT2D eigenvalue weighted by Crippen LogP contribution is 2.16. The van der Waals surface area contributed by atoms with Crippen LogP contribution in [0.3, 0.4) is 0 Å². The number of halogens is 1. The van der Waals surface area contributed by atoms with Gasteiger partial charge in [-0.15, -0.1) is 0 Å². The maximum absolute atomic E-state index is 13.7. The van der Waals surface area contributed by atoms with Crippen molar-refractivity contribution in [2.24, 2.45) is 0 Å². The van der Waals surface area contributed by atoms with E-state index < -0.39 is 15.8 Å². The van der Waals surface area contributed by atoms with Crippen LogP contribution in [-0.4, -0.2) is 20.5 Å². The maximum Gasteiger partial charge on any atom is 0.240 e. The Kier molecular flexibility index (Phi) is 6.77. The van der Waals surface area contributed by atoms with Gasteiger partial charge in [0, 0.05) is 24.2 Å². The molecule has 0 amide bonds. The molecule has 21 heavy (non-hydrogen) atoms. The molecular weight excluding hydrogens is 291 g/mol. The molecule has 0 aliphatic heterocycles. The Balaban J connectivity index is 2.99. The number of sulfonamides is 1. The van der Waals surface area contributed by atoms with Gasteiger partial charge in [0.15, 0.2) is 0 Å². The zero-order valence-electron chi connectivity index (χ0n) is 13.1. The second-order valence-corrected chi connectivity index (χ2v) is 7.14. The van der Waals surface area contributed by atoms with Gasteiger partial charge in [-0.25, -0.2) is 17.5 Å². The van der Waals surface area contributed by atoms with Crippen LogP contribution in [0.5, 0.6) is 0 Å². The van der Waals surface area contributed by atoms with E-state index in [4.69, 9.17) is 0 Å². The minimum atomic E-state index is -3.61. The molecule has 1 aromatic carbocycles. The molecule has 1 aromatic rings. The summed E-state index contributed by atoms with van der Waals surface area (Å²) in [4.78, 5) is 0.108. The molecule has 120 valence electrons. The van der Waals surface area contributed by atoms with Crippen molar-refractivity contribution in [3.63, 3.8) is 0 Å². The van der Waals surface area contributed by atoms with Gasteiger partial charge in [-0.2, -0.15) is 0 Å². The fraction of sp³-hybridized carbons (Fsp3) is 0.600. The van der Waals surface area contributed by atoms with Crippen LogP contribution in [0.25, 0.3) is 0 Å². The van der Waals surface area contributed by atoms with Crippen molar-refractivity contribution in [3.05, 3.63) is 29.6 Å². The highest BCUT2D eigenvalue weighted by molar-refractivity contribution is 7.89. The molecule has 0 fully saturated rings. The minimum Gasteiger partial charge on any atom is -0.310 e. The van der Waals surface area contributed by atoms with Gasteiger partial charge in [0.05, 0.1) is 4.90 Å². The van der Waals surface area contributed by atoms with Gasteiger partial charge in [-0.05, 0) is 31.0 Å². The maximum atomic E-state index is 13.7. The molecule has 0 aliphatic rings. The highest BCUT2D eigenvalue weighted by atomic mass is 32.2. The van der Waals surface area contributed by atoms with Crippen molar-refractivity contribution in [2.75, 3.05) is 0 Å². The average Bonchev–Trinajstić information content (AvgIpc) is 2.43. The minimum absolute atomic E-state index is 0.0997. The van der Waals surface area contributed by atoms with Crippen molar-refractivity contribution in [2.45, 2.75) is 64.1 Å². The number of benzene rings is 1. The number of rotatable bonds is 8. The molecule has 0 atom stereocenters. The van der Waals surface area contributed by atoms with Gasteiger partial charge < -0.3 is 5.32 Å². The molecular formula is C15H25FN2O2S. The molecule has 2 N–H and O–H groups in total. The third kappa shape index (κ3) is 5.37. The summed E-state index contributed by atoms with van der Waals surface area (Å²) in [6.07, 6.45) is 1.44. The molecule has 4 nitrogen and oxygen atoms in total. The van der Waals surface area contributed by atoms with Crippen LogP contribution >= 0.6 is 0 Å². The van der Waals surface area contributed by atoms with Crippen LogP contribution in [0.15, 0.2) is 23.1 Å². The Morgan fingerprint density at radius 3 is 2.33 bits per heavy atom. The Morgan fingerprint density at radius 2 is 1.81 bits per heavy atom. The van der Waals surface area contributed by atoms with E-state index in [1.165, 1.54) is 18.2 Å². The Labute approximate surface area is 127 Å². The van der Waals surface area contributed by atoms with Gasteiger partial charge in [-0.3, -0.25) is 0 Å². The molecule has 0 aliphatic carbocycles. The van der Waals surface area contributed by atoms with Gasteiger partial charge in [0.2, 0.25) is 10.0 Å². The molecule has 0 heterocycles. The first-order valence-corrected chi connectivity index (χ1v) is 8.82. The van der Waals surface area contributed by atoms with E-state index in [-0.39, 0.29) is 17.0 Å². The lowest BCUT2D eigenvalue weighted by Crippen LogP contribution is -2.34.